The van der Waals surface area contributed by atoms with Crippen molar-refractivity contribution in [3.63, 3.8) is 0 Å². The van der Waals surface area contributed by atoms with Crippen molar-refractivity contribution in [1.29, 1.82) is 0 Å². The second-order valence-corrected chi connectivity index (χ2v) is 2.29. The molecule has 1 heterocycles. The number of rotatable bonds is 1. The lowest BCUT2D eigenvalue weighted by Crippen LogP contribution is -1.81. The second kappa shape index (κ2) is 3.42. The molecule has 0 amide bonds. The SMILES string of the molecule is C/C(=C/S)c1ccccn1. The van der Waals surface area contributed by atoms with Crippen molar-refractivity contribution in [2.24, 2.45) is 0 Å². The first-order valence-corrected chi connectivity index (χ1v) is 3.58. The predicted octanol–water partition coefficient (Wildman–Crippen LogP) is 2.37. The van der Waals surface area contributed by atoms with Crippen LogP contribution in [0.5, 0.6) is 0 Å². The summed E-state index contributed by atoms with van der Waals surface area (Å²) in [7, 11) is 0. The Morgan fingerprint density at radius 1 is 1.60 bits per heavy atom. The van der Waals surface area contributed by atoms with Crippen molar-refractivity contribution in [2.75, 3.05) is 0 Å². The average molecular weight is 151 g/mol. The van der Waals surface area contributed by atoms with E-state index >= 15 is 0 Å². The Labute approximate surface area is 66.2 Å². The van der Waals surface area contributed by atoms with Crippen LogP contribution in [0, 0.1) is 0 Å². The Hall–Kier alpha value is -0.760. The van der Waals surface area contributed by atoms with Crippen LogP contribution >= 0.6 is 12.6 Å². The van der Waals surface area contributed by atoms with Gasteiger partial charge in [0.1, 0.15) is 0 Å². The zero-order valence-electron chi connectivity index (χ0n) is 5.78. The Bertz CT molecular complexity index is 228. The highest BCUT2D eigenvalue weighted by molar-refractivity contribution is 7.83. The van der Waals surface area contributed by atoms with E-state index in [1.165, 1.54) is 0 Å². The fourth-order valence-corrected chi connectivity index (χ4v) is 0.794. The van der Waals surface area contributed by atoms with Gasteiger partial charge in [-0.2, -0.15) is 12.6 Å². The monoisotopic (exact) mass is 151 g/mol. The van der Waals surface area contributed by atoms with Gasteiger partial charge in [0, 0.05) is 6.20 Å². The molecule has 1 rings (SSSR count). The molecule has 0 saturated heterocycles. The number of aromatic nitrogens is 1. The summed E-state index contributed by atoms with van der Waals surface area (Å²) < 4.78 is 0. The molecule has 0 aliphatic carbocycles. The minimum absolute atomic E-state index is 0.984. The van der Waals surface area contributed by atoms with Crippen LogP contribution in [-0.2, 0) is 0 Å². The van der Waals surface area contributed by atoms with E-state index in [0.717, 1.165) is 11.3 Å². The molecule has 0 bridgehead atoms. The average Bonchev–Trinajstić information content (AvgIpc) is 2.05. The van der Waals surface area contributed by atoms with Gasteiger partial charge in [-0.3, -0.25) is 4.98 Å². The lowest BCUT2D eigenvalue weighted by Gasteiger charge is -1.95. The molecule has 0 aromatic carbocycles. The van der Waals surface area contributed by atoms with Gasteiger partial charge in [-0.15, -0.1) is 0 Å². The van der Waals surface area contributed by atoms with Crippen molar-refractivity contribution in [3.05, 3.63) is 35.5 Å². The van der Waals surface area contributed by atoms with Crippen LogP contribution in [-0.4, -0.2) is 4.98 Å². The van der Waals surface area contributed by atoms with E-state index in [1.807, 2.05) is 25.1 Å². The van der Waals surface area contributed by atoms with E-state index in [4.69, 9.17) is 0 Å². The van der Waals surface area contributed by atoms with E-state index in [2.05, 4.69) is 17.6 Å². The summed E-state index contributed by atoms with van der Waals surface area (Å²) in [5.41, 5.74) is 2.07. The van der Waals surface area contributed by atoms with Crippen LogP contribution in [0.25, 0.3) is 5.57 Å². The van der Waals surface area contributed by atoms with Gasteiger partial charge < -0.3 is 0 Å². The van der Waals surface area contributed by atoms with Gasteiger partial charge in [0.2, 0.25) is 0 Å². The molecule has 0 spiro atoms. The molecule has 0 unspecified atom stereocenters. The zero-order valence-corrected chi connectivity index (χ0v) is 6.68. The largest absolute Gasteiger partial charge is 0.257 e. The molecule has 0 radical (unpaired) electrons. The second-order valence-electron chi connectivity index (χ2n) is 2.03. The quantitative estimate of drug-likeness (QED) is 0.608. The lowest BCUT2D eigenvalue weighted by molar-refractivity contribution is 1.27. The summed E-state index contributed by atoms with van der Waals surface area (Å²) in [4.78, 5) is 4.13. The molecule has 0 aliphatic rings. The van der Waals surface area contributed by atoms with E-state index in [0.29, 0.717) is 0 Å². The Balaban J connectivity index is 2.96. The molecule has 1 nitrogen and oxygen atoms in total. The number of hydrogen-bond donors (Lipinski definition) is 1. The van der Waals surface area contributed by atoms with Crippen molar-refractivity contribution in [1.82, 2.24) is 4.98 Å². The molecule has 0 aliphatic heterocycles. The molecule has 1 aromatic rings. The molecular weight excluding hydrogens is 142 g/mol. The first-order chi connectivity index (χ1) is 4.84. The van der Waals surface area contributed by atoms with Crippen LogP contribution in [0.1, 0.15) is 12.6 Å². The maximum Gasteiger partial charge on any atom is 0.0663 e. The Morgan fingerprint density at radius 3 is 2.90 bits per heavy atom. The molecule has 0 atom stereocenters. The van der Waals surface area contributed by atoms with Gasteiger partial charge in [0.25, 0.3) is 0 Å². The number of thiol groups is 1. The van der Waals surface area contributed by atoms with Crippen molar-refractivity contribution >= 4 is 18.2 Å². The van der Waals surface area contributed by atoms with Gasteiger partial charge in [0.15, 0.2) is 0 Å². The van der Waals surface area contributed by atoms with Gasteiger partial charge in [-0.05, 0) is 30.0 Å². The van der Waals surface area contributed by atoms with Crippen molar-refractivity contribution in [2.45, 2.75) is 6.92 Å². The molecule has 10 heavy (non-hydrogen) atoms. The molecule has 0 fully saturated rings. The smallest absolute Gasteiger partial charge is 0.0663 e. The third-order valence-corrected chi connectivity index (χ3v) is 1.65. The molecule has 0 N–H and O–H groups in total. The number of pyridine rings is 1. The van der Waals surface area contributed by atoms with Gasteiger partial charge in [0.05, 0.1) is 5.69 Å². The minimum atomic E-state index is 0.984. The van der Waals surface area contributed by atoms with E-state index in [-0.39, 0.29) is 0 Å². The summed E-state index contributed by atoms with van der Waals surface area (Å²) in [5, 5.41) is 1.75. The van der Waals surface area contributed by atoms with Crippen LogP contribution in [0.3, 0.4) is 0 Å². The molecular formula is C8H9NS. The van der Waals surface area contributed by atoms with Crippen LogP contribution < -0.4 is 0 Å². The van der Waals surface area contributed by atoms with Crippen LogP contribution in [0.15, 0.2) is 29.8 Å². The van der Waals surface area contributed by atoms with Crippen LogP contribution in [0.4, 0.5) is 0 Å². The fraction of sp³-hybridized carbons (Fsp3) is 0.125. The fourth-order valence-electron chi connectivity index (χ4n) is 0.662. The van der Waals surface area contributed by atoms with Crippen LogP contribution in [0.2, 0.25) is 0 Å². The lowest BCUT2D eigenvalue weighted by atomic mass is 10.2. The van der Waals surface area contributed by atoms with Gasteiger partial charge in [-0.1, -0.05) is 6.07 Å². The predicted molar refractivity (Wildman–Crippen MR) is 46.9 cm³/mol. The third-order valence-electron chi connectivity index (χ3n) is 1.26. The topological polar surface area (TPSA) is 12.9 Å². The maximum atomic E-state index is 4.13. The summed E-state index contributed by atoms with van der Waals surface area (Å²) in [6.45, 7) is 1.98. The Kier molecular flexibility index (Phi) is 2.51. The maximum absolute atomic E-state index is 4.13. The number of hydrogen-bond acceptors (Lipinski definition) is 2. The zero-order chi connectivity index (χ0) is 7.40. The van der Waals surface area contributed by atoms with Crippen molar-refractivity contribution < 1.29 is 0 Å². The van der Waals surface area contributed by atoms with Gasteiger partial charge in [-0.25, -0.2) is 0 Å². The Morgan fingerprint density at radius 2 is 2.40 bits per heavy atom. The summed E-state index contributed by atoms with van der Waals surface area (Å²) in [5.74, 6) is 0. The number of nitrogens with zero attached hydrogens (tertiary/aromatic N) is 1. The first-order valence-electron chi connectivity index (χ1n) is 3.07. The molecule has 52 valence electrons. The molecule has 2 heteroatoms. The van der Waals surface area contributed by atoms with Crippen molar-refractivity contribution in [3.8, 4) is 0 Å². The molecule has 1 aromatic heterocycles. The normalized spacial score (nSPS) is 11.6. The molecule has 0 saturated carbocycles. The highest BCUT2D eigenvalue weighted by Gasteiger charge is 1.91. The number of allylic oxidation sites excluding steroid dienone is 1. The first kappa shape index (κ1) is 7.35. The summed E-state index contributed by atoms with van der Waals surface area (Å²) in [6, 6.07) is 5.82. The van der Waals surface area contributed by atoms with Gasteiger partial charge >= 0.3 is 0 Å². The van der Waals surface area contributed by atoms with E-state index in [9.17, 15) is 0 Å². The third kappa shape index (κ3) is 1.61. The van der Waals surface area contributed by atoms with E-state index in [1.54, 1.807) is 11.6 Å². The summed E-state index contributed by atoms with van der Waals surface area (Å²) >= 11 is 4.02. The highest BCUT2D eigenvalue weighted by Crippen LogP contribution is 2.09. The highest BCUT2D eigenvalue weighted by atomic mass is 32.1. The standard InChI is InChI=1S/C8H9NS/c1-7(6-10)8-4-2-3-5-9-8/h2-6,10H,1H3/b7-6-. The summed E-state index contributed by atoms with van der Waals surface area (Å²) in [6.07, 6.45) is 1.77. The minimum Gasteiger partial charge on any atom is -0.257 e. The van der Waals surface area contributed by atoms with E-state index < -0.39 is 0 Å².